The molecule has 0 heterocycles. The summed E-state index contributed by atoms with van der Waals surface area (Å²) in [5, 5.41) is 2.54. The molecule has 0 saturated carbocycles. The normalized spacial score (nSPS) is 12.9. The number of halogens is 1. The van der Waals surface area contributed by atoms with E-state index in [2.05, 4.69) is 5.32 Å². The van der Waals surface area contributed by atoms with Gasteiger partial charge in [-0.2, -0.15) is 11.8 Å². The molecular formula is C20H22ClNO4S. The summed E-state index contributed by atoms with van der Waals surface area (Å²) in [5.74, 6) is 0.420. The third kappa shape index (κ3) is 6.57. The summed E-state index contributed by atoms with van der Waals surface area (Å²) < 4.78 is 11.3. The van der Waals surface area contributed by atoms with E-state index in [1.807, 2.05) is 54.8 Å². The highest BCUT2D eigenvalue weighted by molar-refractivity contribution is 7.99. The van der Waals surface area contributed by atoms with Gasteiger partial charge >= 0.3 is 0 Å². The highest BCUT2D eigenvalue weighted by Crippen LogP contribution is 2.23. The SMILES string of the molecule is COC(COc1ccc(CC(SC)C(=O)NC=O)cc1)c1cccc(Cl)c1. The maximum atomic E-state index is 11.8. The van der Waals surface area contributed by atoms with E-state index in [1.165, 1.54) is 11.8 Å². The van der Waals surface area contributed by atoms with Crippen LogP contribution in [0.5, 0.6) is 5.75 Å². The Kier molecular flexibility index (Phi) is 8.64. The number of imide groups is 1. The molecule has 2 aromatic rings. The lowest BCUT2D eigenvalue weighted by Gasteiger charge is -2.17. The van der Waals surface area contributed by atoms with Crippen LogP contribution in [-0.4, -0.2) is 37.5 Å². The van der Waals surface area contributed by atoms with Crippen LogP contribution in [0.4, 0.5) is 0 Å². The van der Waals surface area contributed by atoms with Gasteiger partial charge in [-0.05, 0) is 48.1 Å². The van der Waals surface area contributed by atoms with Gasteiger partial charge in [-0.25, -0.2) is 0 Å². The van der Waals surface area contributed by atoms with Gasteiger partial charge in [0, 0.05) is 12.1 Å². The fourth-order valence-corrected chi connectivity index (χ4v) is 3.39. The quantitative estimate of drug-likeness (QED) is 0.609. The molecule has 2 amide bonds. The van der Waals surface area contributed by atoms with E-state index in [0.29, 0.717) is 30.2 Å². The molecule has 144 valence electrons. The van der Waals surface area contributed by atoms with Crippen molar-refractivity contribution in [1.82, 2.24) is 5.32 Å². The monoisotopic (exact) mass is 407 g/mol. The number of nitrogens with one attached hydrogen (secondary N) is 1. The lowest BCUT2D eigenvalue weighted by atomic mass is 10.1. The molecule has 0 aliphatic heterocycles. The van der Waals surface area contributed by atoms with Crippen molar-refractivity contribution in [3.63, 3.8) is 0 Å². The van der Waals surface area contributed by atoms with E-state index in [1.54, 1.807) is 7.11 Å². The van der Waals surface area contributed by atoms with Crippen molar-refractivity contribution in [3.05, 3.63) is 64.7 Å². The molecule has 2 unspecified atom stereocenters. The summed E-state index contributed by atoms with van der Waals surface area (Å²) in [7, 11) is 1.63. The fourth-order valence-electron chi connectivity index (χ4n) is 2.55. The molecule has 0 saturated heterocycles. The van der Waals surface area contributed by atoms with Crippen LogP contribution in [0.3, 0.4) is 0 Å². The zero-order chi connectivity index (χ0) is 19.6. The first-order valence-corrected chi connectivity index (χ1v) is 10.0. The molecular weight excluding hydrogens is 386 g/mol. The summed E-state index contributed by atoms with van der Waals surface area (Å²) in [5.41, 5.74) is 1.94. The second kappa shape index (κ2) is 11.0. The van der Waals surface area contributed by atoms with E-state index in [0.717, 1.165) is 11.1 Å². The number of methoxy groups -OCH3 is 1. The molecule has 5 nitrogen and oxygen atoms in total. The van der Waals surface area contributed by atoms with Gasteiger partial charge in [-0.3, -0.25) is 14.9 Å². The maximum Gasteiger partial charge on any atom is 0.239 e. The first kappa shape index (κ1) is 21.3. The van der Waals surface area contributed by atoms with Crippen LogP contribution >= 0.6 is 23.4 Å². The Morgan fingerprint density at radius 1 is 1.26 bits per heavy atom. The van der Waals surface area contributed by atoms with E-state index >= 15 is 0 Å². The van der Waals surface area contributed by atoms with E-state index in [4.69, 9.17) is 21.1 Å². The Hall–Kier alpha value is -2.02. The first-order valence-electron chi connectivity index (χ1n) is 8.34. The zero-order valence-electron chi connectivity index (χ0n) is 15.2. The maximum absolute atomic E-state index is 11.8. The van der Waals surface area contributed by atoms with E-state index in [-0.39, 0.29) is 17.3 Å². The van der Waals surface area contributed by atoms with Crippen molar-refractivity contribution < 1.29 is 19.1 Å². The van der Waals surface area contributed by atoms with Crippen molar-refractivity contribution in [2.24, 2.45) is 0 Å². The molecule has 0 aliphatic rings. The topological polar surface area (TPSA) is 64.6 Å². The zero-order valence-corrected chi connectivity index (χ0v) is 16.8. The molecule has 0 aliphatic carbocycles. The second-order valence-corrected chi connectivity index (χ2v) is 7.27. The molecule has 0 aromatic heterocycles. The van der Waals surface area contributed by atoms with Crippen molar-refractivity contribution in [2.45, 2.75) is 17.8 Å². The smallest absolute Gasteiger partial charge is 0.239 e. The number of carbonyl (C=O) groups is 2. The fraction of sp³-hybridized carbons (Fsp3) is 0.300. The highest BCUT2D eigenvalue weighted by atomic mass is 35.5. The molecule has 0 fully saturated rings. The number of hydrogen-bond donors (Lipinski definition) is 1. The van der Waals surface area contributed by atoms with Crippen LogP contribution in [-0.2, 0) is 20.7 Å². The number of carbonyl (C=O) groups excluding carboxylic acids is 2. The van der Waals surface area contributed by atoms with Crippen molar-refractivity contribution in [3.8, 4) is 5.75 Å². The molecule has 7 heteroatoms. The highest BCUT2D eigenvalue weighted by Gasteiger charge is 2.17. The van der Waals surface area contributed by atoms with Gasteiger partial charge in [-0.15, -0.1) is 0 Å². The predicted molar refractivity (Wildman–Crippen MR) is 108 cm³/mol. The minimum absolute atomic E-state index is 0.226. The van der Waals surface area contributed by atoms with Gasteiger partial charge in [0.1, 0.15) is 18.5 Å². The van der Waals surface area contributed by atoms with Crippen molar-refractivity contribution >= 4 is 35.7 Å². The number of rotatable bonds is 10. The summed E-state index contributed by atoms with van der Waals surface area (Å²) >= 11 is 7.43. The van der Waals surface area contributed by atoms with Gasteiger partial charge in [0.25, 0.3) is 0 Å². The molecule has 2 atom stereocenters. The molecule has 0 radical (unpaired) electrons. The standard InChI is InChI=1S/C20H22ClNO4S/c1-25-18(15-4-3-5-16(21)11-15)12-26-17-8-6-14(7-9-17)10-19(27-2)20(24)22-13-23/h3-9,11,13,18-19H,10,12H2,1-2H3,(H,22,23,24). The number of hydrogen-bond acceptors (Lipinski definition) is 5. The second-order valence-electron chi connectivity index (χ2n) is 5.79. The number of thioether (sulfide) groups is 1. The molecule has 1 N–H and O–H groups in total. The predicted octanol–water partition coefficient (Wildman–Crippen LogP) is 3.65. The Labute approximate surface area is 168 Å². The third-order valence-corrected chi connectivity index (χ3v) is 5.21. The molecule has 2 rings (SSSR count). The summed E-state index contributed by atoms with van der Waals surface area (Å²) in [6.45, 7) is 0.353. The van der Waals surface area contributed by atoms with Crippen molar-refractivity contribution in [1.29, 1.82) is 0 Å². The van der Waals surface area contributed by atoms with Gasteiger partial charge in [-0.1, -0.05) is 35.9 Å². The van der Waals surface area contributed by atoms with Gasteiger partial charge in [0.15, 0.2) is 0 Å². The van der Waals surface area contributed by atoms with E-state index < -0.39 is 0 Å². The Morgan fingerprint density at radius 3 is 2.59 bits per heavy atom. The van der Waals surface area contributed by atoms with Crippen LogP contribution < -0.4 is 10.1 Å². The van der Waals surface area contributed by atoms with Crippen LogP contribution in [0.15, 0.2) is 48.5 Å². The van der Waals surface area contributed by atoms with Crippen molar-refractivity contribution in [2.75, 3.05) is 20.0 Å². The molecule has 0 bridgehead atoms. The summed E-state index contributed by atoms with van der Waals surface area (Å²) in [6.07, 6.45) is 2.56. The third-order valence-electron chi connectivity index (χ3n) is 4.03. The minimum Gasteiger partial charge on any atom is -0.491 e. The number of benzene rings is 2. The van der Waals surface area contributed by atoms with Gasteiger partial charge < -0.3 is 9.47 Å². The molecule has 2 aromatic carbocycles. The minimum atomic E-state index is -0.317. The lowest BCUT2D eigenvalue weighted by Crippen LogP contribution is -2.32. The number of ether oxygens (including phenoxy) is 2. The average molecular weight is 408 g/mol. The lowest BCUT2D eigenvalue weighted by molar-refractivity contribution is -0.124. The molecule has 27 heavy (non-hydrogen) atoms. The largest absolute Gasteiger partial charge is 0.491 e. The van der Waals surface area contributed by atoms with Crippen LogP contribution in [0.25, 0.3) is 0 Å². The Balaban J connectivity index is 1.94. The average Bonchev–Trinajstić information content (AvgIpc) is 2.68. The Bertz CT molecular complexity index is 754. The first-order chi connectivity index (χ1) is 13.1. The summed E-state index contributed by atoms with van der Waals surface area (Å²) in [4.78, 5) is 22.2. The molecule has 0 spiro atoms. The van der Waals surface area contributed by atoms with Gasteiger partial charge in [0.05, 0.1) is 5.25 Å². The van der Waals surface area contributed by atoms with Crippen LogP contribution in [0.2, 0.25) is 5.02 Å². The Morgan fingerprint density at radius 2 is 2.00 bits per heavy atom. The van der Waals surface area contributed by atoms with E-state index in [9.17, 15) is 9.59 Å². The van der Waals surface area contributed by atoms with Crippen LogP contribution in [0, 0.1) is 0 Å². The number of amides is 2. The van der Waals surface area contributed by atoms with Gasteiger partial charge in [0.2, 0.25) is 12.3 Å². The van der Waals surface area contributed by atoms with Crippen LogP contribution in [0.1, 0.15) is 17.2 Å². The summed E-state index contributed by atoms with van der Waals surface area (Å²) in [6, 6.07) is 15.0.